The topological polar surface area (TPSA) is 30.7 Å². The summed E-state index contributed by atoms with van der Waals surface area (Å²) in [5, 5.41) is 8.28. The Morgan fingerprint density at radius 2 is 2.27 bits per heavy atom. The van der Waals surface area contributed by atoms with Crippen molar-refractivity contribution in [3.05, 3.63) is 11.4 Å². The summed E-state index contributed by atoms with van der Waals surface area (Å²) < 4.78 is 2.04. The quantitative estimate of drug-likeness (QED) is 0.725. The second-order valence-electron chi connectivity index (χ2n) is 4.28. The first-order chi connectivity index (χ1) is 7.35. The zero-order valence-electron chi connectivity index (χ0n) is 9.25. The summed E-state index contributed by atoms with van der Waals surface area (Å²) in [5.41, 5.74) is 2.16. The minimum absolute atomic E-state index is 0.479. The average Bonchev–Trinajstić information content (AvgIpc) is 2.57. The molecule has 0 radical (unpaired) electrons. The highest BCUT2D eigenvalue weighted by Gasteiger charge is 2.18. The van der Waals surface area contributed by atoms with Gasteiger partial charge in [-0.25, -0.2) is 4.68 Å². The molecule has 0 aromatic carbocycles. The smallest absolute Gasteiger partial charge is 0.101 e. The van der Waals surface area contributed by atoms with Gasteiger partial charge in [0.25, 0.3) is 0 Å². The summed E-state index contributed by atoms with van der Waals surface area (Å²) in [7, 11) is 0. The molecule has 1 aromatic rings. The molecule has 0 atom stereocenters. The Bertz CT molecular complexity index is 318. The molecule has 1 fully saturated rings. The SMILES string of the molecule is CCc1c(CCl)nnn1CCC1CCC1. The van der Waals surface area contributed by atoms with Crippen molar-refractivity contribution in [2.75, 3.05) is 0 Å². The average molecular weight is 228 g/mol. The van der Waals surface area contributed by atoms with Gasteiger partial charge in [0.05, 0.1) is 11.6 Å². The Morgan fingerprint density at radius 1 is 1.47 bits per heavy atom. The number of aryl methyl sites for hydroxylation is 1. The van der Waals surface area contributed by atoms with Crippen molar-refractivity contribution in [2.45, 2.75) is 51.5 Å². The summed E-state index contributed by atoms with van der Waals surface area (Å²) in [6.45, 7) is 3.15. The van der Waals surface area contributed by atoms with E-state index in [1.807, 2.05) is 4.68 Å². The van der Waals surface area contributed by atoms with Crippen LogP contribution in [0, 0.1) is 5.92 Å². The van der Waals surface area contributed by atoms with Gasteiger partial charge in [0.1, 0.15) is 5.69 Å². The van der Waals surface area contributed by atoms with Crippen molar-refractivity contribution in [3.8, 4) is 0 Å². The molecule has 0 amide bonds. The van der Waals surface area contributed by atoms with E-state index in [4.69, 9.17) is 11.6 Å². The number of hydrogen-bond acceptors (Lipinski definition) is 2. The number of rotatable bonds is 5. The molecule has 0 bridgehead atoms. The van der Waals surface area contributed by atoms with E-state index in [1.54, 1.807) is 0 Å². The highest BCUT2D eigenvalue weighted by atomic mass is 35.5. The molecule has 0 N–H and O–H groups in total. The van der Waals surface area contributed by atoms with E-state index in [9.17, 15) is 0 Å². The van der Waals surface area contributed by atoms with Crippen molar-refractivity contribution in [3.63, 3.8) is 0 Å². The van der Waals surface area contributed by atoms with Gasteiger partial charge in [0.2, 0.25) is 0 Å². The van der Waals surface area contributed by atoms with Crippen LogP contribution in [0.4, 0.5) is 0 Å². The molecule has 1 heterocycles. The van der Waals surface area contributed by atoms with Crippen LogP contribution in [0.3, 0.4) is 0 Å². The van der Waals surface area contributed by atoms with Gasteiger partial charge in [-0.05, 0) is 18.8 Å². The zero-order valence-corrected chi connectivity index (χ0v) is 10.0. The van der Waals surface area contributed by atoms with Crippen molar-refractivity contribution >= 4 is 11.6 Å². The van der Waals surface area contributed by atoms with E-state index < -0.39 is 0 Å². The monoisotopic (exact) mass is 227 g/mol. The van der Waals surface area contributed by atoms with Crippen LogP contribution < -0.4 is 0 Å². The molecule has 15 heavy (non-hydrogen) atoms. The van der Waals surface area contributed by atoms with Gasteiger partial charge in [-0.3, -0.25) is 0 Å². The fourth-order valence-electron chi connectivity index (χ4n) is 2.13. The highest BCUT2D eigenvalue weighted by Crippen LogP contribution is 2.29. The van der Waals surface area contributed by atoms with E-state index in [-0.39, 0.29) is 0 Å². The predicted octanol–water partition coefficient (Wildman–Crippen LogP) is 2.77. The minimum atomic E-state index is 0.479. The van der Waals surface area contributed by atoms with Crippen LogP contribution in [0.2, 0.25) is 0 Å². The lowest BCUT2D eigenvalue weighted by Crippen LogP contribution is -2.15. The maximum absolute atomic E-state index is 5.81. The Labute approximate surface area is 95.8 Å². The number of hydrogen-bond donors (Lipinski definition) is 0. The van der Waals surface area contributed by atoms with Crippen molar-refractivity contribution < 1.29 is 0 Å². The second kappa shape index (κ2) is 4.97. The van der Waals surface area contributed by atoms with Crippen molar-refractivity contribution in [2.24, 2.45) is 5.92 Å². The van der Waals surface area contributed by atoms with Crippen LogP contribution >= 0.6 is 11.6 Å². The molecule has 0 unspecified atom stereocenters. The summed E-state index contributed by atoms with van der Waals surface area (Å²) in [4.78, 5) is 0. The zero-order chi connectivity index (χ0) is 10.7. The van der Waals surface area contributed by atoms with Crippen LogP contribution in [0.1, 0.15) is 44.0 Å². The van der Waals surface area contributed by atoms with E-state index in [0.29, 0.717) is 5.88 Å². The molecule has 0 aliphatic heterocycles. The van der Waals surface area contributed by atoms with Crippen molar-refractivity contribution in [1.29, 1.82) is 0 Å². The number of alkyl halides is 1. The fraction of sp³-hybridized carbons (Fsp3) is 0.818. The fourth-order valence-corrected chi connectivity index (χ4v) is 2.33. The molecule has 1 aromatic heterocycles. The molecule has 1 aliphatic rings. The van der Waals surface area contributed by atoms with Crippen LogP contribution in [-0.4, -0.2) is 15.0 Å². The van der Waals surface area contributed by atoms with Gasteiger partial charge in [0.15, 0.2) is 0 Å². The summed E-state index contributed by atoms with van der Waals surface area (Å²) in [5.74, 6) is 1.41. The predicted molar refractivity (Wildman–Crippen MR) is 60.9 cm³/mol. The van der Waals surface area contributed by atoms with E-state index >= 15 is 0 Å². The van der Waals surface area contributed by atoms with Crippen LogP contribution in [0.25, 0.3) is 0 Å². The van der Waals surface area contributed by atoms with Gasteiger partial charge in [0, 0.05) is 6.54 Å². The van der Waals surface area contributed by atoms with Crippen LogP contribution in [0.15, 0.2) is 0 Å². The molecule has 1 saturated carbocycles. The van der Waals surface area contributed by atoms with Gasteiger partial charge >= 0.3 is 0 Å². The van der Waals surface area contributed by atoms with Gasteiger partial charge < -0.3 is 0 Å². The second-order valence-corrected chi connectivity index (χ2v) is 4.55. The first kappa shape index (κ1) is 10.9. The lowest BCUT2D eigenvalue weighted by atomic mass is 9.83. The maximum Gasteiger partial charge on any atom is 0.101 e. The number of halogens is 1. The van der Waals surface area contributed by atoms with E-state index in [2.05, 4.69) is 17.2 Å². The molecular formula is C11H18ClN3. The van der Waals surface area contributed by atoms with Gasteiger partial charge in [-0.2, -0.15) is 0 Å². The van der Waals surface area contributed by atoms with Crippen LogP contribution in [-0.2, 0) is 18.8 Å². The molecule has 3 nitrogen and oxygen atoms in total. The Morgan fingerprint density at radius 3 is 2.80 bits per heavy atom. The number of nitrogens with zero attached hydrogens (tertiary/aromatic N) is 3. The molecule has 84 valence electrons. The minimum Gasteiger partial charge on any atom is -0.249 e. The largest absolute Gasteiger partial charge is 0.249 e. The Kier molecular flexibility index (Phi) is 3.62. The van der Waals surface area contributed by atoms with Crippen molar-refractivity contribution in [1.82, 2.24) is 15.0 Å². The van der Waals surface area contributed by atoms with E-state index in [1.165, 1.54) is 31.4 Å². The Balaban J connectivity index is 1.96. The van der Waals surface area contributed by atoms with Gasteiger partial charge in [-0.15, -0.1) is 16.7 Å². The first-order valence-corrected chi connectivity index (χ1v) is 6.35. The highest BCUT2D eigenvalue weighted by molar-refractivity contribution is 6.16. The molecular weight excluding hydrogens is 210 g/mol. The third kappa shape index (κ3) is 2.33. The molecule has 1 aliphatic carbocycles. The lowest BCUT2D eigenvalue weighted by molar-refractivity contribution is 0.275. The number of aromatic nitrogens is 3. The molecule has 0 saturated heterocycles. The standard InChI is InChI=1S/C11H18ClN3/c1-2-11-10(8-12)13-14-15(11)7-6-9-4-3-5-9/h9H,2-8H2,1H3. The molecule has 4 heteroatoms. The van der Waals surface area contributed by atoms with E-state index in [0.717, 1.165) is 24.6 Å². The van der Waals surface area contributed by atoms with Gasteiger partial charge in [-0.1, -0.05) is 31.4 Å². The normalized spacial score (nSPS) is 16.7. The first-order valence-electron chi connectivity index (χ1n) is 5.82. The van der Waals surface area contributed by atoms with Crippen LogP contribution in [0.5, 0.6) is 0 Å². The summed E-state index contributed by atoms with van der Waals surface area (Å²) in [6.07, 6.45) is 6.43. The lowest BCUT2D eigenvalue weighted by Gasteiger charge is -2.25. The molecule has 2 rings (SSSR count). The molecule has 0 spiro atoms. The third-order valence-electron chi connectivity index (χ3n) is 3.35. The summed E-state index contributed by atoms with van der Waals surface area (Å²) >= 11 is 5.81. The Hall–Kier alpha value is -0.570. The summed E-state index contributed by atoms with van der Waals surface area (Å²) in [6, 6.07) is 0. The third-order valence-corrected chi connectivity index (χ3v) is 3.61. The maximum atomic E-state index is 5.81.